The molecule has 0 aliphatic carbocycles. The largest absolute Gasteiger partial charge is 0.508 e. The topological polar surface area (TPSA) is 35.5 Å². The third-order valence-corrected chi connectivity index (χ3v) is 2.71. The fourth-order valence-electron chi connectivity index (χ4n) is 1.92. The van der Waals surface area contributed by atoms with E-state index in [4.69, 9.17) is 0 Å². The molecule has 1 aromatic carbocycles. The van der Waals surface area contributed by atoms with Gasteiger partial charge in [0.1, 0.15) is 5.75 Å². The van der Waals surface area contributed by atoms with Crippen molar-refractivity contribution in [2.75, 3.05) is 24.5 Å². The molecule has 0 amide bonds. The van der Waals surface area contributed by atoms with Gasteiger partial charge in [-0.3, -0.25) is 0 Å². The molecule has 2 N–H and O–H groups in total. The summed E-state index contributed by atoms with van der Waals surface area (Å²) in [5.41, 5.74) is 2.18. The molecule has 1 heterocycles. The summed E-state index contributed by atoms with van der Waals surface area (Å²) < 4.78 is 0. The maximum Gasteiger partial charge on any atom is 0.122 e. The van der Waals surface area contributed by atoms with Crippen LogP contribution in [0.5, 0.6) is 5.75 Å². The van der Waals surface area contributed by atoms with Gasteiger partial charge in [0, 0.05) is 37.4 Å². The highest BCUT2D eigenvalue weighted by atomic mass is 16.3. The maximum absolute atomic E-state index is 9.73. The van der Waals surface area contributed by atoms with E-state index in [0.29, 0.717) is 5.75 Å². The van der Waals surface area contributed by atoms with Crippen molar-refractivity contribution in [3.05, 3.63) is 23.8 Å². The molecule has 14 heavy (non-hydrogen) atoms. The van der Waals surface area contributed by atoms with E-state index in [9.17, 15) is 5.11 Å². The third-order valence-electron chi connectivity index (χ3n) is 2.71. The molecular weight excluding hydrogens is 176 g/mol. The Balaban J connectivity index is 2.44. The lowest BCUT2D eigenvalue weighted by Crippen LogP contribution is -2.28. The van der Waals surface area contributed by atoms with Crippen LogP contribution in [-0.4, -0.2) is 24.7 Å². The quantitative estimate of drug-likeness (QED) is 0.704. The van der Waals surface area contributed by atoms with Crippen molar-refractivity contribution >= 4 is 5.69 Å². The van der Waals surface area contributed by atoms with Gasteiger partial charge in [0.25, 0.3) is 0 Å². The van der Waals surface area contributed by atoms with Crippen LogP contribution in [0.3, 0.4) is 0 Å². The Bertz CT molecular complexity index is 325. The second-order valence-electron chi connectivity index (χ2n) is 3.53. The third kappa shape index (κ3) is 1.55. The van der Waals surface area contributed by atoms with Crippen LogP contribution in [0, 0.1) is 0 Å². The zero-order chi connectivity index (χ0) is 9.97. The Morgan fingerprint density at radius 1 is 1.50 bits per heavy atom. The molecule has 0 unspecified atom stereocenters. The molecule has 1 aliphatic rings. The Hall–Kier alpha value is -1.22. The first-order valence-corrected chi connectivity index (χ1v) is 5.09. The van der Waals surface area contributed by atoms with Crippen molar-refractivity contribution in [3.63, 3.8) is 0 Å². The van der Waals surface area contributed by atoms with E-state index in [1.807, 2.05) is 6.07 Å². The van der Waals surface area contributed by atoms with Gasteiger partial charge < -0.3 is 15.3 Å². The fourth-order valence-corrected chi connectivity index (χ4v) is 1.92. The number of anilines is 1. The van der Waals surface area contributed by atoms with Crippen LogP contribution in [0.1, 0.15) is 12.5 Å². The lowest BCUT2D eigenvalue weighted by Gasteiger charge is -2.22. The number of rotatable bonds is 1. The van der Waals surface area contributed by atoms with Gasteiger partial charge >= 0.3 is 0 Å². The number of aromatic hydroxyl groups is 1. The van der Waals surface area contributed by atoms with Crippen LogP contribution < -0.4 is 10.2 Å². The average Bonchev–Trinajstić information content (AvgIpc) is 2.40. The lowest BCUT2D eigenvalue weighted by atomic mass is 10.1. The Kier molecular flexibility index (Phi) is 2.59. The van der Waals surface area contributed by atoms with Crippen molar-refractivity contribution in [3.8, 4) is 5.75 Å². The summed E-state index contributed by atoms with van der Waals surface area (Å²) in [6, 6.07) is 5.73. The summed E-state index contributed by atoms with van der Waals surface area (Å²) in [6.45, 7) is 5.87. The Morgan fingerprint density at radius 3 is 3.14 bits per heavy atom. The van der Waals surface area contributed by atoms with Gasteiger partial charge in [0.05, 0.1) is 0 Å². The highest BCUT2D eigenvalue weighted by Crippen LogP contribution is 2.29. The minimum absolute atomic E-state index is 0.398. The first kappa shape index (κ1) is 9.34. The van der Waals surface area contributed by atoms with E-state index in [1.54, 1.807) is 6.07 Å². The number of phenols is 1. The molecule has 0 saturated carbocycles. The summed E-state index contributed by atoms with van der Waals surface area (Å²) >= 11 is 0. The van der Waals surface area contributed by atoms with Gasteiger partial charge in [0.15, 0.2) is 0 Å². The minimum atomic E-state index is 0.398. The number of nitrogens with zero attached hydrogens (tertiary/aromatic N) is 1. The number of fused-ring (bicyclic) bond motifs is 1. The minimum Gasteiger partial charge on any atom is -0.508 e. The van der Waals surface area contributed by atoms with Gasteiger partial charge in [-0.2, -0.15) is 0 Å². The van der Waals surface area contributed by atoms with E-state index >= 15 is 0 Å². The number of likely N-dealkylation sites (N-methyl/N-ethyl adjacent to an activating group) is 1. The van der Waals surface area contributed by atoms with Gasteiger partial charge in [-0.15, -0.1) is 0 Å². The van der Waals surface area contributed by atoms with Gasteiger partial charge in [-0.25, -0.2) is 0 Å². The first-order valence-electron chi connectivity index (χ1n) is 5.09. The summed E-state index contributed by atoms with van der Waals surface area (Å²) in [6.07, 6.45) is 0. The molecule has 0 atom stereocenters. The Morgan fingerprint density at radius 2 is 2.36 bits per heavy atom. The molecule has 3 heteroatoms. The van der Waals surface area contributed by atoms with Crippen LogP contribution in [-0.2, 0) is 6.54 Å². The molecule has 76 valence electrons. The molecule has 0 aromatic heterocycles. The summed E-state index contributed by atoms with van der Waals surface area (Å²) in [7, 11) is 0. The van der Waals surface area contributed by atoms with Crippen molar-refractivity contribution < 1.29 is 5.11 Å². The fraction of sp³-hybridized carbons (Fsp3) is 0.455. The van der Waals surface area contributed by atoms with Gasteiger partial charge in [-0.05, 0) is 19.1 Å². The van der Waals surface area contributed by atoms with E-state index in [0.717, 1.165) is 37.4 Å². The average molecular weight is 192 g/mol. The number of nitrogens with one attached hydrogen (secondary N) is 1. The molecule has 0 radical (unpaired) electrons. The molecule has 0 bridgehead atoms. The highest BCUT2D eigenvalue weighted by molar-refractivity contribution is 5.59. The normalized spacial score (nSPS) is 16.2. The van der Waals surface area contributed by atoms with Crippen LogP contribution in [0.25, 0.3) is 0 Å². The van der Waals surface area contributed by atoms with Crippen molar-refractivity contribution in [1.82, 2.24) is 5.32 Å². The standard InChI is InChI=1S/C11H16N2O/c1-2-13-7-6-12-8-9-10(13)4-3-5-11(9)14/h3-5,12,14H,2,6-8H2,1H3. The summed E-state index contributed by atoms with van der Waals surface area (Å²) in [5.74, 6) is 0.398. The zero-order valence-electron chi connectivity index (χ0n) is 8.45. The Labute approximate surface area is 84.4 Å². The number of benzene rings is 1. The lowest BCUT2D eigenvalue weighted by molar-refractivity contribution is 0.466. The molecule has 1 aliphatic heterocycles. The monoisotopic (exact) mass is 192 g/mol. The van der Waals surface area contributed by atoms with Gasteiger partial charge in [0.2, 0.25) is 0 Å². The number of hydrogen-bond acceptors (Lipinski definition) is 3. The van der Waals surface area contributed by atoms with E-state index < -0.39 is 0 Å². The van der Waals surface area contributed by atoms with Crippen LogP contribution in [0.2, 0.25) is 0 Å². The van der Waals surface area contributed by atoms with Crippen LogP contribution >= 0.6 is 0 Å². The van der Waals surface area contributed by atoms with Crippen molar-refractivity contribution in [2.45, 2.75) is 13.5 Å². The van der Waals surface area contributed by atoms with E-state index in [2.05, 4.69) is 23.2 Å². The summed E-state index contributed by atoms with van der Waals surface area (Å²) in [5, 5.41) is 13.0. The van der Waals surface area contributed by atoms with Gasteiger partial charge in [-0.1, -0.05) is 6.07 Å². The van der Waals surface area contributed by atoms with Crippen LogP contribution in [0.4, 0.5) is 5.69 Å². The molecule has 1 aromatic rings. The van der Waals surface area contributed by atoms with E-state index in [1.165, 1.54) is 0 Å². The number of hydrogen-bond donors (Lipinski definition) is 2. The second kappa shape index (κ2) is 3.88. The molecule has 0 saturated heterocycles. The SMILES string of the molecule is CCN1CCNCc2c(O)cccc21. The second-order valence-corrected chi connectivity index (χ2v) is 3.53. The zero-order valence-corrected chi connectivity index (χ0v) is 8.45. The molecule has 2 rings (SSSR count). The predicted octanol–water partition coefficient (Wildman–Crippen LogP) is 1.32. The molecular formula is C11H16N2O. The molecule has 0 spiro atoms. The van der Waals surface area contributed by atoms with Crippen molar-refractivity contribution in [1.29, 1.82) is 0 Å². The van der Waals surface area contributed by atoms with Crippen LogP contribution in [0.15, 0.2) is 18.2 Å². The maximum atomic E-state index is 9.73. The van der Waals surface area contributed by atoms with E-state index in [-0.39, 0.29) is 0 Å². The first-order chi connectivity index (χ1) is 6.83. The molecule has 3 nitrogen and oxygen atoms in total. The predicted molar refractivity (Wildman–Crippen MR) is 57.7 cm³/mol. The molecule has 0 fully saturated rings. The number of phenolic OH excluding ortho intramolecular Hbond substituents is 1. The van der Waals surface area contributed by atoms with Crippen molar-refractivity contribution in [2.24, 2.45) is 0 Å². The summed E-state index contributed by atoms with van der Waals surface area (Å²) in [4.78, 5) is 2.29. The smallest absolute Gasteiger partial charge is 0.122 e. The highest BCUT2D eigenvalue weighted by Gasteiger charge is 2.15.